The molecule has 2 aliphatic rings. The van der Waals surface area contributed by atoms with Gasteiger partial charge in [-0.2, -0.15) is 0 Å². The van der Waals surface area contributed by atoms with Crippen molar-refractivity contribution in [2.75, 3.05) is 0 Å². The van der Waals surface area contributed by atoms with Crippen molar-refractivity contribution in [3.8, 4) is 0 Å². The van der Waals surface area contributed by atoms with E-state index in [9.17, 15) is 0 Å². The second kappa shape index (κ2) is 4.68. The standard InChI is InChI=1S/C14H26/c1-11-5-3-7-13(9-11)14-8-4-6-12(2)10-14/h11-14H,3-10H2,1-2H3. The lowest BCUT2D eigenvalue weighted by Crippen LogP contribution is -2.25. The summed E-state index contributed by atoms with van der Waals surface area (Å²) in [6.45, 7) is 4.91. The first-order chi connectivity index (χ1) is 6.75. The molecule has 2 rings (SSSR count). The molecule has 0 radical (unpaired) electrons. The maximum atomic E-state index is 2.46. The van der Waals surface area contributed by atoms with Crippen molar-refractivity contribution >= 4 is 0 Å². The Balaban J connectivity index is 1.86. The topological polar surface area (TPSA) is 0 Å². The van der Waals surface area contributed by atoms with Gasteiger partial charge in [0.05, 0.1) is 0 Å². The van der Waals surface area contributed by atoms with E-state index in [0.717, 1.165) is 23.7 Å². The predicted molar refractivity (Wildman–Crippen MR) is 62.2 cm³/mol. The van der Waals surface area contributed by atoms with Crippen molar-refractivity contribution in [1.82, 2.24) is 0 Å². The molecule has 0 heterocycles. The molecule has 82 valence electrons. The van der Waals surface area contributed by atoms with E-state index in [2.05, 4.69) is 13.8 Å². The summed E-state index contributed by atoms with van der Waals surface area (Å²) < 4.78 is 0. The van der Waals surface area contributed by atoms with Gasteiger partial charge in [0, 0.05) is 0 Å². The molecule has 0 aliphatic heterocycles. The van der Waals surface area contributed by atoms with Gasteiger partial charge in [0.15, 0.2) is 0 Å². The summed E-state index contributed by atoms with van der Waals surface area (Å²) in [5, 5.41) is 0. The van der Waals surface area contributed by atoms with Gasteiger partial charge in [0.2, 0.25) is 0 Å². The first-order valence-electron chi connectivity index (χ1n) is 6.75. The van der Waals surface area contributed by atoms with Crippen LogP contribution in [0.1, 0.15) is 65.2 Å². The molecule has 0 spiro atoms. The van der Waals surface area contributed by atoms with Gasteiger partial charge in [-0.3, -0.25) is 0 Å². The second-order valence-electron chi connectivity index (χ2n) is 6.06. The Labute approximate surface area is 89.5 Å². The first-order valence-corrected chi connectivity index (χ1v) is 6.75. The molecule has 4 atom stereocenters. The van der Waals surface area contributed by atoms with E-state index in [0.29, 0.717) is 0 Å². The maximum Gasteiger partial charge on any atom is -0.0383 e. The van der Waals surface area contributed by atoms with Crippen LogP contribution in [0.5, 0.6) is 0 Å². The molecule has 0 bridgehead atoms. The van der Waals surface area contributed by atoms with Crippen LogP contribution in [0.2, 0.25) is 0 Å². The average molecular weight is 194 g/mol. The molecule has 0 aromatic heterocycles. The van der Waals surface area contributed by atoms with Gasteiger partial charge in [-0.1, -0.05) is 52.4 Å². The molecule has 0 aromatic carbocycles. The minimum absolute atomic E-state index is 1.02. The summed E-state index contributed by atoms with van der Waals surface area (Å²) in [5.41, 5.74) is 0. The van der Waals surface area contributed by atoms with E-state index in [1.165, 1.54) is 38.5 Å². The predicted octanol–water partition coefficient (Wildman–Crippen LogP) is 4.64. The third kappa shape index (κ3) is 2.52. The molecule has 2 saturated carbocycles. The van der Waals surface area contributed by atoms with Crippen LogP contribution >= 0.6 is 0 Å². The second-order valence-corrected chi connectivity index (χ2v) is 6.06. The Morgan fingerprint density at radius 1 is 0.643 bits per heavy atom. The number of hydrogen-bond acceptors (Lipinski definition) is 0. The first kappa shape index (κ1) is 10.5. The zero-order valence-corrected chi connectivity index (χ0v) is 9.97. The van der Waals surface area contributed by atoms with Gasteiger partial charge in [-0.05, 0) is 36.5 Å². The van der Waals surface area contributed by atoms with E-state index in [1.807, 2.05) is 0 Å². The zero-order valence-electron chi connectivity index (χ0n) is 9.97. The molecule has 4 unspecified atom stereocenters. The number of rotatable bonds is 1. The Hall–Kier alpha value is 0. The van der Waals surface area contributed by atoms with Crippen molar-refractivity contribution in [3.05, 3.63) is 0 Å². The van der Waals surface area contributed by atoms with E-state index in [1.54, 1.807) is 12.8 Å². The Kier molecular flexibility index (Phi) is 3.52. The van der Waals surface area contributed by atoms with Crippen LogP contribution in [0, 0.1) is 23.7 Å². The van der Waals surface area contributed by atoms with Crippen LogP contribution in [0.3, 0.4) is 0 Å². The smallest absolute Gasteiger partial charge is 0.0383 e. The fourth-order valence-electron chi connectivity index (χ4n) is 3.82. The molecule has 0 N–H and O–H groups in total. The fourth-order valence-corrected chi connectivity index (χ4v) is 3.82. The van der Waals surface area contributed by atoms with E-state index >= 15 is 0 Å². The fraction of sp³-hybridized carbons (Fsp3) is 1.00. The van der Waals surface area contributed by atoms with Crippen LogP contribution in [0.15, 0.2) is 0 Å². The summed E-state index contributed by atoms with van der Waals surface area (Å²) in [6.07, 6.45) is 12.2. The number of hydrogen-bond donors (Lipinski definition) is 0. The Morgan fingerprint density at radius 3 is 1.43 bits per heavy atom. The summed E-state index contributed by atoms with van der Waals surface area (Å²) in [7, 11) is 0. The summed E-state index contributed by atoms with van der Waals surface area (Å²) in [4.78, 5) is 0. The maximum absolute atomic E-state index is 2.46. The molecular formula is C14H26. The van der Waals surface area contributed by atoms with Crippen molar-refractivity contribution in [2.24, 2.45) is 23.7 Å². The summed E-state index contributed by atoms with van der Waals surface area (Å²) in [6, 6.07) is 0. The third-order valence-electron chi connectivity index (χ3n) is 4.62. The van der Waals surface area contributed by atoms with Crippen LogP contribution in [-0.2, 0) is 0 Å². The molecule has 0 nitrogen and oxygen atoms in total. The minimum atomic E-state index is 1.02. The van der Waals surface area contributed by atoms with E-state index in [4.69, 9.17) is 0 Å². The molecule has 0 saturated heterocycles. The van der Waals surface area contributed by atoms with Gasteiger partial charge in [-0.25, -0.2) is 0 Å². The van der Waals surface area contributed by atoms with Gasteiger partial charge >= 0.3 is 0 Å². The van der Waals surface area contributed by atoms with Crippen molar-refractivity contribution < 1.29 is 0 Å². The minimum Gasteiger partial charge on any atom is -0.0625 e. The molecule has 2 fully saturated rings. The third-order valence-corrected chi connectivity index (χ3v) is 4.62. The van der Waals surface area contributed by atoms with Gasteiger partial charge in [0.25, 0.3) is 0 Å². The highest BCUT2D eigenvalue weighted by molar-refractivity contribution is 4.80. The highest BCUT2D eigenvalue weighted by atomic mass is 14.3. The highest BCUT2D eigenvalue weighted by Gasteiger charge is 2.29. The van der Waals surface area contributed by atoms with Crippen molar-refractivity contribution in [3.63, 3.8) is 0 Å². The Morgan fingerprint density at radius 2 is 1.07 bits per heavy atom. The summed E-state index contributed by atoms with van der Waals surface area (Å²) in [5.74, 6) is 4.24. The van der Waals surface area contributed by atoms with Crippen LogP contribution in [0.4, 0.5) is 0 Å². The molecular weight excluding hydrogens is 168 g/mol. The SMILES string of the molecule is CC1CCCC(C2CCCC(C)C2)C1. The van der Waals surface area contributed by atoms with Crippen LogP contribution in [0.25, 0.3) is 0 Å². The molecule has 2 aliphatic carbocycles. The Bertz CT molecular complexity index is 153. The average Bonchev–Trinajstić information content (AvgIpc) is 2.18. The molecule has 0 aromatic rings. The lowest BCUT2D eigenvalue weighted by atomic mass is 9.69. The van der Waals surface area contributed by atoms with E-state index < -0.39 is 0 Å². The largest absolute Gasteiger partial charge is 0.0625 e. The lowest BCUT2D eigenvalue weighted by molar-refractivity contribution is 0.143. The quantitative estimate of drug-likeness (QED) is 0.570. The van der Waals surface area contributed by atoms with E-state index in [-0.39, 0.29) is 0 Å². The zero-order chi connectivity index (χ0) is 9.97. The highest BCUT2D eigenvalue weighted by Crippen LogP contribution is 2.41. The van der Waals surface area contributed by atoms with Gasteiger partial charge in [-0.15, -0.1) is 0 Å². The molecule has 14 heavy (non-hydrogen) atoms. The van der Waals surface area contributed by atoms with Gasteiger partial charge < -0.3 is 0 Å². The summed E-state index contributed by atoms with van der Waals surface area (Å²) >= 11 is 0. The molecule has 0 heteroatoms. The van der Waals surface area contributed by atoms with Crippen molar-refractivity contribution in [1.29, 1.82) is 0 Å². The van der Waals surface area contributed by atoms with Crippen LogP contribution in [-0.4, -0.2) is 0 Å². The van der Waals surface area contributed by atoms with Crippen LogP contribution < -0.4 is 0 Å². The lowest BCUT2D eigenvalue weighted by Gasteiger charge is -2.37. The van der Waals surface area contributed by atoms with Gasteiger partial charge in [0.1, 0.15) is 0 Å². The normalized spacial score (nSPS) is 45.0. The van der Waals surface area contributed by atoms with Crippen molar-refractivity contribution in [2.45, 2.75) is 65.2 Å². The molecule has 0 amide bonds. The monoisotopic (exact) mass is 194 g/mol.